The van der Waals surface area contributed by atoms with Crippen molar-refractivity contribution in [3.05, 3.63) is 0 Å². The quantitative estimate of drug-likeness (QED) is 0.617. The standard InChI is InChI=1S/C16H30O4/c1-5-12(3)14-8-6-7-11(2)9-15(14)20-16(18)19-10-13(4)17/h11-15,17H,5-10H2,1-4H3. The fourth-order valence-corrected chi connectivity index (χ4v) is 3.01. The Kier molecular flexibility index (Phi) is 7.35. The summed E-state index contributed by atoms with van der Waals surface area (Å²) in [6.45, 7) is 8.22. The van der Waals surface area contributed by atoms with E-state index >= 15 is 0 Å². The third-order valence-corrected chi connectivity index (χ3v) is 4.41. The molecule has 0 aromatic carbocycles. The lowest BCUT2D eigenvalue weighted by Gasteiger charge is -2.30. The zero-order chi connectivity index (χ0) is 15.1. The first kappa shape index (κ1) is 17.3. The lowest BCUT2D eigenvalue weighted by atomic mass is 9.83. The Morgan fingerprint density at radius 3 is 2.65 bits per heavy atom. The summed E-state index contributed by atoms with van der Waals surface area (Å²) >= 11 is 0. The topological polar surface area (TPSA) is 55.8 Å². The molecule has 0 aromatic rings. The molecule has 118 valence electrons. The lowest BCUT2D eigenvalue weighted by Crippen LogP contribution is -2.32. The van der Waals surface area contributed by atoms with Crippen molar-refractivity contribution >= 4 is 6.16 Å². The molecule has 0 spiro atoms. The molecule has 5 unspecified atom stereocenters. The number of aliphatic hydroxyl groups is 1. The van der Waals surface area contributed by atoms with Crippen molar-refractivity contribution in [2.75, 3.05) is 6.61 Å². The fraction of sp³-hybridized carbons (Fsp3) is 0.938. The fourth-order valence-electron chi connectivity index (χ4n) is 3.01. The van der Waals surface area contributed by atoms with Crippen molar-refractivity contribution < 1.29 is 19.4 Å². The van der Waals surface area contributed by atoms with E-state index in [1.54, 1.807) is 6.92 Å². The highest BCUT2D eigenvalue weighted by Crippen LogP contribution is 2.35. The van der Waals surface area contributed by atoms with Crippen LogP contribution >= 0.6 is 0 Å². The monoisotopic (exact) mass is 286 g/mol. The van der Waals surface area contributed by atoms with Crippen molar-refractivity contribution in [3.8, 4) is 0 Å². The van der Waals surface area contributed by atoms with Crippen LogP contribution in [0, 0.1) is 17.8 Å². The second kappa shape index (κ2) is 8.50. The number of rotatable bonds is 5. The number of ether oxygens (including phenoxy) is 2. The Hall–Kier alpha value is -0.770. The Bertz CT molecular complexity index is 290. The van der Waals surface area contributed by atoms with Crippen LogP contribution in [0.25, 0.3) is 0 Å². The molecule has 0 radical (unpaired) electrons. The molecule has 0 aliphatic heterocycles. The molecule has 20 heavy (non-hydrogen) atoms. The van der Waals surface area contributed by atoms with Gasteiger partial charge >= 0.3 is 6.16 Å². The highest BCUT2D eigenvalue weighted by Gasteiger charge is 2.33. The SMILES string of the molecule is CCC(C)C1CCCC(C)CC1OC(=O)OCC(C)O. The van der Waals surface area contributed by atoms with Crippen LogP contribution in [0.3, 0.4) is 0 Å². The number of carbonyl (C=O) groups is 1. The molecule has 5 atom stereocenters. The highest BCUT2D eigenvalue weighted by atomic mass is 16.7. The molecule has 0 saturated heterocycles. The van der Waals surface area contributed by atoms with Crippen LogP contribution in [-0.2, 0) is 9.47 Å². The Morgan fingerprint density at radius 2 is 2.05 bits per heavy atom. The van der Waals surface area contributed by atoms with Gasteiger partial charge in [0.05, 0.1) is 6.10 Å². The van der Waals surface area contributed by atoms with Crippen LogP contribution in [-0.4, -0.2) is 30.1 Å². The number of hydrogen-bond acceptors (Lipinski definition) is 4. The average Bonchev–Trinajstić information content (AvgIpc) is 2.57. The van der Waals surface area contributed by atoms with Gasteiger partial charge in [-0.3, -0.25) is 0 Å². The van der Waals surface area contributed by atoms with Gasteiger partial charge in [-0.1, -0.05) is 40.0 Å². The molecule has 1 aliphatic rings. The van der Waals surface area contributed by atoms with E-state index in [2.05, 4.69) is 20.8 Å². The van der Waals surface area contributed by atoms with E-state index in [9.17, 15) is 4.79 Å². The Labute approximate surface area is 122 Å². The molecule has 1 aliphatic carbocycles. The van der Waals surface area contributed by atoms with Gasteiger partial charge in [-0.05, 0) is 37.5 Å². The molecule has 1 saturated carbocycles. The predicted molar refractivity (Wildman–Crippen MR) is 78.5 cm³/mol. The molecule has 0 bridgehead atoms. The van der Waals surface area contributed by atoms with Crippen LogP contribution in [0.5, 0.6) is 0 Å². The van der Waals surface area contributed by atoms with Crippen molar-refractivity contribution in [1.29, 1.82) is 0 Å². The van der Waals surface area contributed by atoms with Crippen molar-refractivity contribution in [3.63, 3.8) is 0 Å². The molecule has 0 aromatic heterocycles. The van der Waals surface area contributed by atoms with Crippen LogP contribution in [0.15, 0.2) is 0 Å². The third kappa shape index (κ3) is 5.70. The van der Waals surface area contributed by atoms with Crippen LogP contribution in [0.1, 0.15) is 59.8 Å². The van der Waals surface area contributed by atoms with Gasteiger partial charge in [-0.25, -0.2) is 4.79 Å². The summed E-state index contributed by atoms with van der Waals surface area (Å²) in [5.74, 6) is 1.55. The van der Waals surface area contributed by atoms with Crippen LogP contribution in [0.2, 0.25) is 0 Å². The summed E-state index contributed by atoms with van der Waals surface area (Å²) in [7, 11) is 0. The predicted octanol–water partition coefficient (Wildman–Crippen LogP) is 3.76. The maximum absolute atomic E-state index is 11.7. The molecular formula is C16H30O4. The normalized spacial score (nSPS) is 30.1. The highest BCUT2D eigenvalue weighted by molar-refractivity contribution is 5.60. The molecule has 1 N–H and O–H groups in total. The second-order valence-corrected chi connectivity index (χ2v) is 6.39. The minimum absolute atomic E-state index is 0.00486. The van der Waals surface area contributed by atoms with Gasteiger partial charge in [0.1, 0.15) is 12.7 Å². The maximum Gasteiger partial charge on any atom is 0.508 e. The van der Waals surface area contributed by atoms with E-state index in [1.165, 1.54) is 12.8 Å². The van der Waals surface area contributed by atoms with Gasteiger partial charge in [0.2, 0.25) is 0 Å². The summed E-state index contributed by atoms with van der Waals surface area (Å²) in [6, 6.07) is 0. The number of hydrogen-bond donors (Lipinski definition) is 1. The Balaban J connectivity index is 2.61. The first-order valence-electron chi connectivity index (χ1n) is 7.95. The average molecular weight is 286 g/mol. The zero-order valence-corrected chi connectivity index (χ0v) is 13.3. The molecule has 1 fully saturated rings. The van der Waals surface area contributed by atoms with Crippen molar-refractivity contribution in [2.24, 2.45) is 17.8 Å². The minimum Gasteiger partial charge on any atom is -0.432 e. The first-order chi connectivity index (χ1) is 9.43. The van der Waals surface area contributed by atoms with Gasteiger partial charge in [-0.15, -0.1) is 0 Å². The smallest absolute Gasteiger partial charge is 0.432 e. The van der Waals surface area contributed by atoms with Crippen molar-refractivity contribution in [1.82, 2.24) is 0 Å². The largest absolute Gasteiger partial charge is 0.508 e. The van der Waals surface area contributed by atoms with Gasteiger partial charge < -0.3 is 14.6 Å². The van der Waals surface area contributed by atoms with Crippen LogP contribution < -0.4 is 0 Å². The molecule has 0 heterocycles. The van der Waals surface area contributed by atoms with Gasteiger partial charge in [0.15, 0.2) is 0 Å². The lowest BCUT2D eigenvalue weighted by molar-refractivity contribution is -0.0273. The minimum atomic E-state index is -0.652. The Morgan fingerprint density at radius 1 is 1.35 bits per heavy atom. The number of aliphatic hydroxyl groups excluding tert-OH is 1. The molecule has 4 heteroatoms. The van der Waals surface area contributed by atoms with E-state index < -0.39 is 12.3 Å². The van der Waals surface area contributed by atoms with E-state index in [0.29, 0.717) is 17.8 Å². The maximum atomic E-state index is 11.7. The zero-order valence-electron chi connectivity index (χ0n) is 13.3. The molecular weight excluding hydrogens is 256 g/mol. The van der Waals surface area contributed by atoms with E-state index in [-0.39, 0.29) is 12.7 Å². The van der Waals surface area contributed by atoms with Crippen LogP contribution in [0.4, 0.5) is 4.79 Å². The molecule has 1 rings (SSSR count). The van der Waals surface area contributed by atoms with Crippen molar-refractivity contribution in [2.45, 2.75) is 72.0 Å². The summed E-state index contributed by atoms with van der Waals surface area (Å²) in [5, 5.41) is 9.14. The molecule has 4 nitrogen and oxygen atoms in total. The van der Waals surface area contributed by atoms with Gasteiger partial charge in [0.25, 0.3) is 0 Å². The second-order valence-electron chi connectivity index (χ2n) is 6.39. The first-order valence-corrected chi connectivity index (χ1v) is 7.95. The summed E-state index contributed by atoms with van der Waals surface area (Å²) in [4.78, 5) is 11.7. The molecule has 0 amide bonds. The summed E-state index contributed by atoms with van der Waals surface area (Å²) in [5.41, 5.74) is 0. The van der Waals surface area contributed by atoms with E-state index in [1.807, 2.05) is 0 Å². The third-order valence-electron chi connectivity index (χ3n) is 4.41. The van der Waals surface area contributed by atoms with Gasteiger partial charge in [0, 0.05) is 0 Å². The van der Waals surface area contributed by atoms with E-state index in [4.69, 9.17) is 14.6 Å². The van der Waals surface area contributed by atoms with E-state index in [0.717, 1.165) is 19.3 Å². The van der Waals surface area contributed by atoms with Gasteiger partial charge in [-0.2, -0.15) is 0 Å². The summed E-state index contributed by atoms with van der Waals surface area (Å²) in [6.07, 6.45) is 4.20. The summed E-state index contributed by atoms with van der Waals surface area (Å²) < 4.78 is 10.5. The number of carbonyl (C=O) groups excluding carboxylic acids is 1.